The number of aromatic amines is 2. The molecule has 0 fully saturated rings. The number of ether oxygens (including phenoxy) is 2. The molecule has 1 amide bonds. The number of amides is 1. The molecule has 0 saturated heterocycles. The van der Waals surface area contributed by atoms with E-state index in [4.69, 9.17) is 9.47 Å². The van der Waals surface area contributed by atoms with Gasteiger partial charge in [0.2, 0.25) is 0 Å². The quantitative estimate of drug-likeness (QED) is 0.325. The van der Waals surface area contributed by atoms with Crippen molar-refractivity contribution >= 4 is 17.6 Å². The molecule has 2 aromatic heterocycles. The molecule has 4 N–H and O–H groups in total. The molecule has 3 aromatic rings. The summed E-state index contributed by atoms with van der Waals surface area (Å²) in [5.74, 6) is 1.41. The van der Waals surface area contributed by atoms with Gasteiger partial charge in [-0.25, -0.2) is 4.79 Å². The number of rotatable bonds is 10. The average Bonchev–Trinajstić information content (AvgIpc) is 3.39. The first kappa shape index (κ1) is 25.8. The van der Waals surface area contributed by atoms with Crippen molar-refractivity contribution in [2.24, 2.45) is 0 Å². The Labute approximate surface area is 205 Å². The van der Waals surface area contributed by atoms with Gasteiger partial charge in [0.15, 0.2) is 0 Å². The number of nitrogens with zero attached hydrogens (tertiary/aromatic N) is 2. The van der Waals surface area contributed by atoms with Crippen molar-refractivity contribution < 1.29 is 19.1 Å². The fourth-order valence-electron chi connectivity index (χ4n) is 3.65. The van der Waals surface area contributed by atoms with Gasteiger partial charge in [0.05, 0.1) is 19.2 Å². The van der Waals surface area contributed by atoms with Crippen molar-refractivity contribution in [1.82, 2.24) is 25.5 Å². The van der Waals surface area contributed by atoms with Crippen LogP contribution in [0.5, 0.6) is 5.75 Å². The number of aryl methyl sites for hydroxylation is 1. The summed E-state index contributed by atoms with van der Waals surface area (Å²) in [6, 6.07) is 7.46. The van der Waals surface area contributed by atoms with Gasteiger partial charge >= 0.3 is 5.97 Å². The maximum absolute atomic E-state index is 13.3. The van der Waals surface area contributed by atoms with E-state index in [1.807, 2.05) is 58.9 Å². The van der Waals surface area contributed by atoms with Crippen LogP contribution in [0.4, 0.5) is 5.69 Å². The number of methoxy groups -OCH3 is 1. The summed E-state index contributed by atoms with van der Waals surface area (Å²) in [5.41, 5.74) is 2.16. The summed E-state index contributed by atoms with van der Waals surface area (Å²) in [6.07, 6.45) is 0.995. The van der Waals surface area contributed by atoms with Crippen LogP contribution >= 0.6 is 0 Å². The Balaban J connectivity index is 1.84. The maximum Gasteiger partial charge on any atom is 0.355 e. The van der Waals surface area contributed by atoms with Gasteiger partial charge in [-0.3, -0.25) is 4.79 Å². The Kier molecular flexibility index (Phi) is 8.16. The first-order valence-corrected chi connectivity index (χ1v) is 11.6. The lowest BCUT2D eigenvalue weighted by Crippen LogP contribution is -2.28. The van der Waals surface area contributed by atoms with E-state index >= 15 is 0 Å². The monoisotopic (exact) mass is 482 g/mol. The normalized spacial score (nSPS) is 11.3. The van der Waals surface area contributed by atoms with Gasteiger partial charge in [0.1, 0.15) is 28.7 Å². The van der Waals surface area contributed by atoms with Crippen molar-refractivity contribution in [3.8, 4) is 5.75 Å². The summed E-state index contributed by atoms with van der Waals surface area (Å²) in [7, 11) is 1.61. The molecule has 1 aromatic carbocycles. The fraction of sp³-hybridized carbons (Fsp3) is 0.440. The standard InChI is InChI=1S/C25H34N6O4/c1-7-18-21(23(32)26-13-12-20-28-15(2)30-31-20)19(29-22(18)24(33)35-25(3,4)5)14-27-16-8-10-17(34-6)11-9-16/h8-11,27,29H,7,12-14H2,1-6H3,(H,26,32)(H,28,30,31). The van der Waals surface area contributed by atoms with Crippen LogP contribution in [0.2, 0.25) is 0 Å². The smallest absolute Gasteiger partial charge is 0.355 e. The van der Waals surface area contributed by atoms with Crippen LogP contribution in [0, 0.1) is 6.92 Å². The summed E-state index contributed by atoms with van der Waals surface area (Å²) in [5, 5.41) is 14.2. The Bertz CT molecular complexity index is 1160. The Morgan fingerprint density at radius 3 is 2.37 bits per heavy atom. The summed E-state index contributed by atoms with van der Waals surface area (Å²) >= 11 is 0. The van der Waals surface area contributed by atoms with E-state index in [-0.39, 0.29) is 5.91 Å². The van der Waals surface area contributed by atoms with Crippen LogP contribution in [0.3, 0.4) is 0 Å². The van der Waals surface area contributed by atoms with Crippen LogP contribution in [0.15, 0.2) is 24.3 Å². The van der Waals surface area contributed by atoms with E-state index in [0.29, 0.717) is 54.3 Å². The highest BCUT2D eigenvalue weighted by Gasteiger charge is 2.28. The highest BCUT2D eigenvalue weighted by Crippen LogP contribution is 2.24. The van der Waals surface area contributed by atoms with E-state index in [0.717, 1.165) is 17.3 Å². The Morgan fingerprint density at radius 1 is 1.09 bits per heavy atom. The van der Waals surface area contributed by atoms with Crippen LogP contribution in [0.1, 0.15) is 71.4 Å². The number of hydrogen-bond acceptors (Lipinski definition) is 7. The number of H-pyrrole nitrogens is 2. The van der Waals surface area contributed by atoms with E-state index in [9.17, 15) is 9.59 Å². The minimum atomic E-state index is -0.660. The molecule has 0 spiro atoms. The number of carbonyl (C=O) groups excluding carboxylic acids is 2. The number of benzene rings is 1. The Morgan fingerprint density at radius 2 is 1.80 bits per heavy atom. The number of hydrogen-bond donors (Lipinski definition) is 4. The number of carbonyl (C=O) groups is 2. The second-order valence-corrected chi connectivity index (χ2v) is 9.13. The first-order chi connectivity index (χ1) is 16.6. The molecule has 2 heterocycles. The van der Waals surface area contributed by atoms with Crippen molar-refractivity contribution in [3.63, 3.8) is 0 Å². The molecule has 0 saturated carbocycles. The number of nitrogens with one attached hydrogen (secondary N) is 4. The van der Waals surface area contributed by atoms with E-state index in [2.05, 4.69) is 30.8 Å². The highest BCUT2D eigenvalue weighted by molar-refractivity contribution is 6.01. The number of esters is 1. The van der Waals surface area contributed by atoms with Crippen LogP contribution < -0.4 is 15.4 Å². The predicted octanol–water partition coefficient (Wildman–Crippen LogP) is 3.55. The third-order valence-electron chi connectivity index (χ3n) is 5.22. The second kappa shape index (κ2) is 11.1. The predicted molar refractivity (Wildman–Crippen MR) is 133 cm³/mol. The summed E-state index contributed by atoms with van der Waals surface area (Å²) in [4.78, 5) is 32.4. The average molecular weight is 483 g/mol. The zero-order chi connectivity index (χ0) is 25.6. The van der Waals surface area contributed by atoms with E-state index in [1.165, 1.54) is 0 Å². The molecule has 0 aliphatic heterocycles. The third-order valence-corrected chi connectivity index (χ3v) is 5.22. The van der Waals surface area contributed by atoms with Gasteiger partial charge in [-0.05, 0) is 63.9 Å². The maximum atomic E-state index is 13.3. The van der Waals surface area contributed by atoms with Crippen molar-refractivity contribution in [1.29, 1.82) is 0 Å². The molecule has 0 bridgehead atoms. The molecule has 0 unspecified atom stereocenters. The topological polar surface area (TPSA) is 134 Å². The zero-order valence-electron chi connectivity index (χ0n) is 21.2. The lowest BCUT2D eigenvalue weighted by atomic mass is 10.0. The molecule has 3 rings (SSSR count). The lowest BCUT2D eigenvalue weighted by molar-refractivity contribution is 0.00622. The molecule has 0 aliphatic carbocycles. The van der Waals surface area contributed by atoms with Crippen LogP contribution in [0.25, 0.3) is 0 Å². The molecule has 0 atom stereocenters. The van der Waals surface area contributed by atoms with Gasteiger partial charge in [-0.1, -0.05) is 6.92 Å². The van der Waals surface area contributed by atoms with Crippen molar-refractivity contribution in [2.45, 2.75) is 59.6 Å². The molecule has 10 nitrogen and oxygen atoms in total. The van der Waals surface area contributed by atoms with Gasteiger partial charge in [0.25, 0.3) is 5.91 Å². The van der Waals surface area contributed by atoms with Gasteiger partial charge in [-0.2, -0.15) is 0 Å². The van der Waals surface area contributed by atoms with Crippen molar-refractivity contribution in [3.05, 3.63) is 58.4 Å². The fourth-order valence-corrected chi connectivity index (χ4v) is 3.65. The van der Waals surface area contributed by atoms with E-state index < -0.39 is 11.6 Å². The highest BCUT2D eigenvalue weighted by atomic mass is 16.6. The number of aromatic nitrogens is 4. The SMILES string of the molecule is CCc1c(C(=O)OC(C)(C)C)[nH]c(CNc2ccc(OC)cc2)c1C(=O)NCCc1nnc(C)[nH]1. The molecule has 0 aliphatic rings. The molecule has 10 heteroatoms. The first-order valence-electron chi connectivity index (χ1n) is 11.6. The van der Waals surface area contributed by atoms with Crippen LogP contribution in [-0.4, -0.2) is 51.3 Å². The number of anilines is 1. The van der Waals surface area contributed by atoms with Gasteiger partial charge in [-0.15, -0.1) is 10.2 Å². The molecular weight excluding hydrogens is 448 g/mol. The lowest BCUT2D eigenvalue weighted by Gasteiger charge is -2.19. The van der Waals surface area contributed by atoms with Gasteiger partial charge < -0.3 is 30.1 Å². The van der Waals surface area contributed by atoms with E-state index in [1.54, 1.807) is 7.11 Å². The minimum Gasteiger partial charge on any atom is -0.497 e. The Hall–Kier alpha value is -3.82. The largest absolute Gasteiger partial charge is 0.497 e. The van der Waals surface area contributed by atoms with Gasteiger partial charge in [0, 0.05) is 24.3 Å². The molecule has 35 heavy (non-hydrogen) atoms. The van der Waals surface area contributed by atoms with Crippen molar-refractivity contribution in [2.75, 3.05) is 19.0 Å². The molecular formula is C25H34N6O4. The second-order valence-electron chi connectivity index (χ2n) is 9.13. The molecule has 0 radical (unpaired) electrons. The molecule has 188 valence electrons. The minimum absolute atomic E-state index is 0.268. The zero-order valence-corrected chi connectivity index (χ0v) is 21.2. The summed E-state index contributed by atoms with van der Waals surface area (Å²) < 4.78 is 10.8. The third kappa shape index (κ3) is 6.84. The summed E-state index contributed by atoms with van der Waals surface area (Å²) in [6.45, 7) is 9.84. The van der Waals surface area contributed by atoms with Crippen LogP contribution in [-0.2, 0) is 24.1 Å².